The maximum absolute atomic E-state index is 12.3. The van der Waals surface area contributed by atoms with E-state index in [1.807, 2.05) is 30.3 Å². The number of anilines is 1. The number of likely N-dealkylation sites (N-methyl/N-ethyl adjacent to an activating group) is 1. The van der Waals surface area contributed by atoms with Gasteiger partial charge in [0.15, 0.2) is 0 Å². The Labute approximate surface area is 127 Å². The molecule has 2 aromatic heterocycles. The first-order valence-corrected chi connectivity index (χ1v) is 6.85. The summed E-state index contributed by atoms with van der Waals surface area (Å²) in [4.78, 5) is 13.9. The number of amides is 1. The van der Waals surface area contributed by atoms with Crippen molar-refractivity contribution in [1.82, 2.24) is 24.8 Å². The van der Waals surface area contributed by atoms with Crippen LogP contribution in [0.4, 0.5) is 5.82 Å². The SMILES string of the molecule is CN(C(=O)Cn1cc(-c2ccccc2)nn1)c1ccnn1C. The van der Waals surface area contributed by atoms with Crippen LogP contribution in [0.15, 0.2) is 48.8 Å². The van der Waals surface area contributed by atoms with E-state index >= 15 is 0 Å². The van der Waals surface area contributed by atoms with Crippen molar-refractivity contribution >= 4 is 11.7 Å². The van der Waals surface area contributed by atoms with Gasteiger partial charge >= 0.3 is 0 Å². The van der Waals surface area contributed by atoms with Crippen LogP contribution in [0.5, 0.6) is 0 Å². The smallest absolute Gasteiger partial charge is 0.249 e. The monoisotopic (exact) mass is 296 g/mol. The average Bonchev–Trinajstić information content (AvgIpc) is 3.16. The van der Waals surface area contributed by atoms with Crippen LogP contribution in [0.25, 0.3) is 11.3 Å². The maximum atomic E-state index is 12.3. The van der Waals surface area contributed by atoms with Gasteiger partial charge in [-0.15, -0.1) is 5.10 Å². The molecule has 0 spiro atoms. The molecule has 0 bridgehead atoms. The summed E-state index contributed by atoms with van der Waals surface area (Å²) in [6.45, 7) is 0.127. The van der Waals surface area contributed by atoms with Gasteiger partial charge in [0.05, 0.1) is 12.4 Å². The summed E-state index contributed by atoms with van der Waals surface area (Å²) in [7, 11) is 3.51. The van der Waals surface area contributed by atoms with E-state index in [2.05, 4.69) is 15.4 Å². The number of aromatic nitrogens is 5. The molecule has 112 valence electrons. The Morgan fingerprint density at radius 1 is 1.23 bits per heavy atom. The lowest BCUT2D eigenvalue weighted by atomic mass is 10.2. The molecule has 1 aromatic carbocycles. The lowest BCUT2D eigenvalue weighted by Crippen LogP contribution is -2.31. The minimum Gasteiger partial charge on any atom is -0.299 e. The van der Waals surface area contributed by atoms with Gasteiger partial charge in [-0.25, -0.2) is 4.68 Å². The third kappa shape index (κ3) is 2.73. The maximum Gasteiger partial charge on any atom is 0.249 e. The highest BCUT2D eigenvalue weighted by molar-refractivity contribution is 5.91. The van der Waals surface area contributed by atoms with Gasteiger partial charge in [-0.3, -0.25) is 14.4 Å². The molecule has 0 saturated carbocycles. The first kappa shape index (κ1) is 14.0. The van der Waals surface area contributed by atoms with Crippen molar-refractivity contribution in [3.63, 3.8) is 0 Å². The minimum atomic E-state index is -0.0897. The van der Waals surface area contributed by atoms with Crippen LogP contribution < -0.4 is 4.90 Å². The highest BCUT2D eigenvalue weighted by atomic mass is 16.2. The van der Waals surface area contributed by atoms with Crippen molar-refractivity contribution in [3.05, 3.63) is 48.8 Å². The zero-order chi connectivity index (χ0) is 15.5. The molecule has 0 radical (unpaired) electrons. The van der Waals surface area contributed by atoms with Gasteiger partial charge in [0, 0.05) is 25.7 Å². The summed E-state index contributed by atoms with van der Waals surface area (Å²) >= 11 is 0. The lowest BCUT2D eigenvalue weighted by Gasteiger charge is -2.16. The molecule has 0 unspecified atom stereocenters. The van der Waals surface area contributed by atoms with Crippen molar-refractivity contribution in [1.29, 1.82) is 0 Å². The van der Waals surface area contributed by atoms with Crippen LogP contribution in [-0.2, 0) is 18.4 Å². The van der Waals surface area contributed by atoms with Crippen molar-refractivity contribution in [2.45, 2.75) is 6.54 Å². The van der Waals surface area contributed by atoms with Gasteiger partial charge in [0.1, 0.15) is 18.1 Å². The third-order valence-electron chi connectivity index (χ3n) is 3.42. The molecule has 0 aliphatic rings. The Balaban J connectivity index is 1.73. The Morgan fingerprint density at radius 2 is 2.00 bits per heavy atom. The summed E-state index contributed by atoms with van der Waals surface area (Å²) in [5.41, 5.74) is 1.72. The van der Waals surface area contributed by atoms with E-state index in [1.165, 1.54) is 4.68 Å². The molecular formula is C15H16N6O. The number of hydrogen-bond acceptors (Lipinski definition) is 4. The Kier molecular flexibility index (Phi) is 3.69. The standard InChI is InChI=1S/C15H16N6O/c1-19(14-8-9-16-20(14)2)15(22)11-21-10-13(17-18-21)12-6-4-3-5-7-12/h3-10H,11H2,1-2H3. The molecule has 22 heavy (non-hydrogen) atoms. The fourth-order valence-electron chi connectivity index (χ4n) is 2.19. The first-order chi connectivity index (χ1) is 10.6. The van der Waals surface area contributed by atoms with Crippen LogP contribution in [0, 0.1) is 0 Å². The van der Waals surface area contributed by atoms with Crippen LogP contribution >= 0.6 is 0 Å². The molecule has 2 heterocycles. The zero-order valence-electron chi connectivity index (χ0n) is 12.4. The van der Waals surface area contributed by atoms with Gasteiger partial charge < -0.3 is 0 Å². The second kappa shape index (κ2) is 5.80. The molecule has 0 saturated heterocycles. The predicted octanol–water partition coefficient (Wildman–Crippen LogP) is 1.34. The second-order valence-corrected chi connectivity index (χ2v) is 4.93. The van der Waals surface area contributed by atoms with Crippen molar-refractivity contribution in [3.8, 4) is 11.3 Å². The summed E-state index contributed by atoms with van der Waals surface area (Å²) in [6.07, 6.45) is 3.42. The predicted molar refractivity (Wildman–Crippen MR) is 82.1 cm³/mol. The topological polar surface area (TPSA) is 68.8 Å². The number of benzene rings is 1. The molecule has 0 N–H and O–H groups in total. The summed E-state index contributed by atoms with van der Waals surface area (Å²) < 4.78 is 3.19. The Morgan fingerprint density at radius 3 is 2.68 bits per heavy atom. The van der Waals surface area contributed by atoms with E-state index in [4.69, 9.17) is 0 Å². The molecule has 7 nitrogen and oxygen atoms in total. The van der Waals surface area contributed by atoms with Gasteiger partial charge in [-0.05, 0) is 0 Å². The van der Waals surface area contributed by atoms with Crippen LogP contribution in [0.2, 0.25) is 0 Å². The van der Waals surface area contributed by atoms with Gasteiger partial charge in [0.2, 0.25) is 5.91 Å². The van der Waals surface area contributed by atoms with E-state index < -0.39 is 0 Å². The molecule has 3 rings (SSSR count). The van der Waals surface area contributed by atoms with Crippen LogP contribution in [-0.4, -0.2) is 37.7 Å². The normalized spacial score (nSPS) is 10.6. The number of hydrogen-bond donors (Lipinski definition) is 0. The summed E-state index contributed by atoms with van der Waals surface area (Å²) in [5, 5.41) is 12.2. The Hall–Kier alpha value is -2.96. The highest BCUT2D eigenvalue weighted by Gasteiger charge is 2.15. The van der Waals surface area contributed by atoms with E-state index in [1.54, 1.807) is 42.1 Å². The van der Waals surface area contributed by atoms with Crippen LogP contribution in [0.1, 0.15) is 0 Å². The van der Waals surface area contributed by atoms with E-state index in [9.17, 15) is 4.79 Å². The number of carbonyl (C=O) groups excluding carboxylic acids is 1. The third-order valence-corrected chi connectivity index (χ3v) is 3.42. The van der Waals surface area contributed by atoms with Gasteiger partial charge in [-0.2, -0.15) is 5.10 Å². The minimum absolute atomic E-state index is 0.0897. The molecule has 0 aliphatic carbocycles. The fraction of sp³-hybridized carbons (Fsp3) is 0.200. The number of aryl methyl sites for hydroxylation is 1. The quantitative estimate of drug-likeness (QED) is 0.728. The molecule has 0 atom stereocenters. The summed E-state index contributed by atoms with van der Waals surface area (Å²) in [6, 6.07) is 11.5. The first-order valence-electron chi connectivity index (χ1n) is 6.85. The number of rotatable bonds is 4. The van der Waals surface area contributed by atoms with Gasteiger partial charge in [-0.1, -0.05) is 35.5 Å². The van der Waals surface area contributed by atoms with Gasteiger partial charge in [0.25, 0.3) is 0 Å². The van der Waals surface area contributed by atoms with E-state index in [0.29, 0.717) is 0 Å². The molecule has 3 aromatic rings. The van der Waals surface area contributed by atoms with Crippen molar-refractivity contribution < 1.29 is 4.79 Å². The zero-order valence-corrected chi connectivity index (χ0v) is 12.4. The lowest BCUT2D eigenvalue weighted by molar-refractivity contribution is -0.119. The van der Waals surface area contributed by atoms with E-state index in [0.717, 1.165) is 17.1 Å². The average molecular weight is 296 g/mol. The fourth-order valence-corrected chi connectivity index (χ4v) is 2.19. The highest BCUT2D eigenvalue weighted by Crippen LogP contribution is 2.15. The second-order valence-electron chi connectivity index (χ2n) is 4.93. The number of nitrogens with zero attached hydrogens (tertiary/aromatic N) is 6. The molecule has 1 amide bonds. The molecule has 0 aliphatic heterocycles. The van der Waals surface area contributed by atoms with Crippen molar-refractivity contribution in [2.75, 3.05) is 11.9 Å². The molecule has 7 heteroatoms. The molecular weight excluding hydrogens is 280 g/mol. The van der Waals surface area contributed by atoms with Crippen LogP contribution in [0.3, 0.4) is 0 Å². The van der Waals surface area contributed by atoms with Crippen molar-refractivity contribution in [2.24, 2.45) is 7.05 Å². The number of carbonyl (C=O) groups is 1. The largest absolute Gasteiger partial charge is 0.299 e. The Bertz CT molecular complexity index is 776. The molecule has 0 fully saturated rings. The van der Waals surface area contributed by atoms with E-state index in [-0.39, 0.29) is 12.5 Å². The summed E-state index contributed by atoms with van der Waals surface area (Å²) in [5.74, 6) is 0.640.